The number of rotatable bonds is 7. The summed E-state index contributed by atoms with van der Waals surface area (Å²) in [4.78, 5) is 26.0. The Hall–Kier alpha value is -1.26. The highest BCUT2D eigenvalue weighted by atomic mass is 16.4. The normalized spacial score (nSPS) is 10.8. The number of hydrogen-bond donors (Lipinski definition) is 1. The molecule has 0 fully saturated rings. The number of carbonyl (C=O) groups excluding carboxylic acids is 1. The number of urea groups is 1. The predicted octanol–water partition coefficient (Wildman–Crippen LogP) is 2.13. The van der Waals surface area contributed by atoms with Gasteiger partial charge >= 0.3 is 12.0 Å². The van der Waals surface area contributed by atoms with Crippen molar-refractivity contribution in [3.63, 3.8) is 0 Å². The van der Waals surface area contributed by atoms with Gasteiger partial charge in [-0.05, 0) is 11.8 Å². The standard InChI is InChI=1S/C13H26N2O3/c1-10(2)8-15(9-11(3)4)13(18)14(5)7-6-12(16)17/h10-11H,6-9H2,1-5H3,(H,16,17). The zero-order valence-corrected chi connectivity index (χ0v) is 12.1. The lowest BCUT2D eigenvalue weighted by Gasteiger charge is -2.30. The maximum Gasteiger partial charge on any atom is 0.319 e. The number of hydrogen-bond acceptors (Lipinski definition) is 2. The molecule has 0 rings (SSSR count). The molecule has 0 aromatic heterocycles. The Morgan fingerprint density at radius 2 is 1.50 bits per heavy atom. The first-order valence-electron chi connectivity index (χ1n) is 6.45. The summed E-state index contributed by atoms with van der Waals surface area (Å²) in [5.41, 5.74) is 0. The maximum atomic E-state index is 12.2. The van der Waals surface area contributed by atoms with Gasteiger partial charge < -0.3 is 14.9 Å². The third-order valence-corrected chi connectivity index (χ3v) is 2.43. The Balaban J connectivity index is 4.47. The summed E-state index contributed by atoms with van der Waals surface area (Å²) in [5.74, 6) is -0.0740. The fourth-order valence-corrected chi connectivity index (χ4v) is 1.71. The molecule has 5 heteroatoms. The summed E-state index contributed by atoms with van der Waals surface area (Å²) < 4.78 is 0. The molecule has 0 aromatic rings. The molecule has 0 unspecified atom stereocenters. The Morgan fingerprint density at radius 1 is 1.06 bits per heavy atom. The first-order chi connectivity index (χ1) is 8.23. The average molecular weight is 258 g/mol. The molecule has 2 amide bonds. The largest absolute Gasteiger partial charge is 0.481 e. The van der Waals surface area contributed by atoms with Gasteiger partial charge in [-0.2, -0.15) is 0 Å². The van der Waals surface area contributed by atoms with E-state index in [1.54, 1.807) is 11.9 Å². The van der Waals surface area contributed by atoms with E-state index in [-0.39, 0.29) is 19.0 Å². The van der Waals surface area contributed by atoms with E-state index >= 15 is 0 Å². The number of amides is 2. The highest BCUT2D eigenvalue weighted by Crippen LogP contribution is 2.07. The second-order valence-electron chi connectivity index (χ2n) is 5.54. The van der Waals surface area contributed by atoms with E-state index < -0.39 is 5.97 Å². The van der Waals surface area contributed by atoms with Crippen LogP contribution in [-0.2, 0) is 4.79 Å². The van der Waals surface area contributed by atoms with E-state index in [9.17, 15) is 9.59 Å². The van der Waals surface area contributed by atoms with E-state index in [1.807, 2.05) is 0 Å². The van der Waals surface area contributed by atoms with Crippen molar-refractivity contribution in [2.24, 2.45) is 11.8 Å². The predicted molar refractivity (Wildman–Crippen MR) is 71.5 cm³/mol. The summed E-state index contributed by atoms with van der Waals surface area (Å²) in [7, 11) is 1.65. The van der Waals surface area contributed by atoms with Crippen molar-refractivity contribution in [2.45, 2.75) is 34.1 Å². The van der Waals surface area contributed by atoms with Crippen LogP contribution in [0.3, 0.4) is 0 Å². The lowest BCUT2D eigenvalue weighted by atomic mass is 10.1. The molecule has 0 spiro atoms. The molecule has 0 aromatic carbocycles. The van der Waals surface area contributed by atoms with E-state index in [0.717, 1.165) is 0 Å². The number of carboxylic acid groups (broad SMARTS) is 1. The highest BCUT2D eigenvalue weighted by Gasteiger charge is 2.20. The van der Waals surface area contributed by atoms with Gasteiger partial charge in [0.1, 0.15) is 0 Å². The van der Waals surface area contributed by atoms with Gasteiger partial charge in [0.2, 0.25) is 0 Å². The van der Waals surface area contributed by atoms with Crippen molar-refractivity contribution in [3.05, 3.63) is 0 Å². The van der Waals surface area contributed by atoms with E-state index in [4.69, 9.17) is 5.11 Å². The summed E-state index contributed by atoms with van der Waals surface area (Å²) >= 11 is 0. The lowest BCUT2D eigenvalue weighted by Crippen LogP contribution is -2.45. The van der Waals surface area contributed by atoms with Gasteiger partial charge in [-0.1, -0.05) is 27.7 Å². The SMILES string of the molecule is CC(C)CN(CC(C)C)C(=O)N(C)CCC(=O)O. The summed E-state index contributed by atoms with van der Waals surface area (Å²) in [5, 5.41) is 8.62. The molecule has 0 aliphatic rings. The van der Waals surface area contributed by atoms with Crippen LogP contribution in [0.1, 0.15) is 34.1 Å². The van der Waals surface area contributed by atoms with Gasteiger partial charge in [-0.25, -0.2) is 4.79 Å². The number of carbonyl (C=O) groups is 2. The van der Waals surface area contributed by atoms with Crippen LogP contribution in [0.25, 0.3) is 0 Å². The molecule has 18 heavy (non-hydrogen) atoms. The van der Waals surface area contributed by atoms with Gasteiger partial charge in [0.15, 0.2) is 0 Å². The molecule has 5 nitrogen and oxygen atoms in total. The summed E-state index contributed by atoms with van der Waals surface area (Å²) in [6.07, 6.45) is -0.0144. The Labute approximate surface area is 110 Å². The lowest BCUT2D eigenvalue weighted by molar-refractivity contribution is -0.137. The second-order valence-corrected chi connectivity index (χ2v) is 5.54. The van der Waals surface area contributed by atoms with Crippen LogP contribution in [0.4, 0.5) is 4.79 Å². The van der Waals surface area contributed by atoms with Crippen molar-refractivity contribution < 1.29 is 14.7 Å². The first-order valence-corrected chi connectivity index (χ1v) is 6.45. The van der Waals surface area contributed by atoms with Gasteiger partial charge in [-0.3, -0.25) is 4.79 Å². The van der Waals surface area contributed by atoms with Gasteiger partial charge in [0.05, 0.1) is 6.42 Å². The second kappa shape index (κ2) is 7.95. The molecule has 106 valence electrons. The smallest absolute Gasteiger partial charge is 0.319 e. The molecule has 0 saturated heterocycles. The van der Waals surface area contributed by atoms with Crippen LogP contribution in [0.5, 0.6) is 0 Å². The molecule has 0 aliphatic heterocycles. The first kappa shape index (κ1) is 16.7. The molecular weight excluding hydrogens is 232 g/mol. The van der Waals surface area contributed by atoms with Crippen molar-refractivity contribution in [1.29, 1.82) is 0 Å². The Bertz CT molecular complexity index is 267. The number of aliphatic carboxylic acids is 1. The van der Waals surface area contributed by atoms with Crippen LogP contribution < -0.4 is 0 Å². The topological polar surface area (TPSA) is 60.9 Å². The number of nitrogens with zero attached hydrogens (tertiary/aromatic N) is 2. The average Bonchev–Trinajstić information content (AvgIpc) is 2.22. The fourth-order valence-electron chi connectivity index (χ4n) is 1.71. The Kier molecular flexibility index (Phi) is 7.39. The van der Waals surface area contributed by atoms with Crippen molar-refractivity contribution >= 4 is 12.0 Å². The molecular formula is C13H26N2O3. The van der Waals surface area contributed by atoms with E-state index in [0.29, 0.717) is 24.9 Å². The maximum absolute atomic E-state index is 12.2. The third kappa shape index (κ3) is 7.14. The number of carboxylic acids is 1. The van der Waals surface area contributed by atoms with Crippen LogP contribution in [-0.4, -0.2) is 53.6 Å². The van der Waals surface area contributed by atoms with Gasteiger partial charge in [0, 0.05) is 26.7 Å². The zero-order chi connectivity index (χ0) is 14.3. The quantitative estimate of drug-likeness (QED) is 0.761. The molecule has 0 heterocycles. The molecule has 0 aliphatic carbocycles. The minimum absolute atomic E-state index is 0.0144. The minimum Gasteiger partial charge on any atom is -0.481 e. The molecule has 1 N–H and O–H groups in total. The highest BCUT2D eigenvalue weighted by molar-refractivity contribution is 5.75. The molecule has 0 radical (unpaired) electrons. The minimum atomic E-state index is -0.881. The fraction of sp³-hybridized carbons (Fsp3) is 0.846. The van der Waals surface area contributed by atoms with Gasteiger partial charge in [0.25, 0.3) is 0 Å². The molecule has 0 bridgehead atoms. The van der Waals surface area contributed by atoms with E-state index in [1.165, 1.54) is 4.90 Å². The van der Waals surface area contributed by atoms with Crippen molar-refractivity contribution in [1.82, 2.24) is 9.80 Å². The van der Waals surface area contributed by atoms with Crippen LogP contribution in [0.15, 0.2) is 0 Å². The summed E-state index contributed by atoms with van der Waals surface area (Å²) in [6.45, 7) is 9.93. The third-order valence-electron chi connectivity index (χ3n) is 2.43. The Morgan fingerprint density at radius 3 is 1.83 bits per heavy atom. The van der Waals surface area contributed by atoms with Crippen molar-refractivity contribution in [2.75, 3.05) is 26.7 Å². The van der Waals surface area contributed by atoms with Crippen LogP contribution >= 0.6 is 0 Å². The van der Waals surface area contributed by atoms with Crippen molar-refractivity contribution in [3.8, 4) is 0 Å². The van der Waals surface area contributed by atoms with Crippen LogP contribution in [0.2, 0.25) is 0 Å². The van der Waals surface area contributed by atoms with Gasteiger partial charge in [-0.15, -0.1) is 0 Å². The monoisotopic (exact) mass is 258 g/mol. The molecule has 0 saturated carbocycles. The summed E-state index contributed by atoms with van der Waals surface area (Å²) in [6, 6.07) is -0.0846. The molecule has 0 atom stereocenters. The van der Waals surface area contributed by atoms with E-state index in [2.05, 4.69) is 27.7 Å². The zero-order valence-electron chi connectivity index (χ0n) is 12.1. The van der Waals surface area contributed by atoms with Crippen LogP contribution in [0, 0.1) is 11.8 Å².